The molecule has 1 aliphatic heterocycles. The molecule has 2 unspecified atom stereocenters. The van der Waals surface area contributed by atoms with E-state index >= 15 is 0 Å². The molecule has 1 fully saturated rings. The fraction of sp³-hybridized carbons (Fsp3) is 0.556. The number of H-pyrrole nitrogens is 1. The van der Waals surface area contributed by atoms with Crippen LogP contribution in [0.25, 0.3) is 0 Å². The minimum atomic E-state index is -0.0695. The van der Waals surface area contributed by atoms with Crippen LogP contribution in [0.15, 0.2) is 12.4 Å². The minimum absolute atomic E-state index is 0.0453. The maximum Gasteiger partial charge on any atom is 0.238 e. The van der Waals surface area contributed by atoms with Crippen LogP contribution in [0.5, 0.6) is 0 Å². The Morgan fingerprint density at radius 1 is 1.80 bits per heavy atom. The van der Waals surface area contributed by atoms with E-state index in [0.29, 0.717) is 0 Å². The zero-order chi connectivity index (χ0) is 10.7. The average Bonchev–Trinajstić information content (AvgIpc) is 2.91. The Kier molecular flexibility index (Phi) is 3.27. The van der Waals surface area contributed by atoms with E-state index in [4.69, 9.17) is 0 Å². The Labute approximate surface area is 92.4 Å². The van der Waals surface area contributed by atoms with Crippen LogP contribution >= 0.6 is 11.8 Å². The Morgan fingerprint density at radius 2 is 2.67 bits per heavy atom. The second-order valence-electron chi connectivity index (χ2n) is 3.48. The largest absolute Gasteiger partial charge is 0.347 e. The highest BCUT2D eigenvalue weighted by atomic mass is 32.2. The van der Waals surface area contributed by atoms with Crippen molar-refractivity contribution >= 4 is 17.7 Å². The predicted octanol–water partition coefficient (Wildman–Crippen LogP) is 0.249. The molecule has 2 atom stereocenters. The molecule has 0 bridgehead atoms. The van der Waals surface area contributed by atoms with Crippen LogP contribution in [0.2, 0.25) is 0 Å². The van der Waals surface area contributed by atoms with E-state index in [-0.39, 0.29) is 18.0 Å². The van der Waals surface area contributed by atoms with Crippen molar-refractivity contribution in [3.8, 4) is 0 Å². The molecule has 0 radical (unpaired) electrons. The maximum atomic E-state index is 11.7. The van der Waals surface area contributed by atoms with Gasteiger partial charge in [0.15, 0.2) is 0 Å². The van der Waals surface area contributed by atoms with Gasteiger partial charge in [-0.1, -0.05) is 0 Å². The molecule has 1 aliphatic rings. The summed E-state index contributed by atoms with van der Waals surface area (Å²) in [6, 6.07) is -0.132. The van der Waals surface area contributed by atoms with Gasteiger partial charge >= 0.3 is 0 Å². The number of rotatable bonds is 3. The fourth-order valence-corrected chi connectivity index (χ4v) is 2.40. The summed E-state index contributed by atoms with van der Waals surface area (Å²) >= 11 is 1.74. The molecule has 0 aromatic carbocycles. The Morgan fingerprint density at radius 3 is 3.27 bits per heavy atom. The highest BCUT2D eigenvalue weighted by Gasteiger charge is 2.24. The lowest BCUT2D eigenvalue weighted by Gasteiger charge is -2.14. The monoisotopic (exact) mass is 226 g/mol. The summed E-state index contributed by atoms with van der Waals surface area (Å²) < 4.78 is 0. The van der Waals surface area contributed by atoms with Gasteiger partial charge in [0.2, 0.25) is 5.91 Å². The third-order valence-electron chi connectivity index (χ3n) is 2.32. The first-order valence-electron chi connectivity index (χ1n) is 4.88. The first-order chi connectivity index (χ1) is 7.27. The molecule has 3 N–H and O–H groups in total. The smallest absolute Gasteiger partial charge is 0.238 e. The van der Waals surface area contributed by atoms with E-state index < -0.39 is 0 Å². The van der Waals surface area contributed by atoms with Crippen molar-refractivity contribution in [1.29, 1.82) is 0 Å². The van der Waals surface area contributed by atoms with Crippen molar-refractivity contribution < 1.29 is 4.79 Å². The van der Waals surface area contributed by atoms with Gasteiger partial charge in [-0.05, 0) is 6.92 Å². The molecule has 15 heavy (non-hydrogen) atoms. The Hall–Kier alpha value is -1.01. The molecule has 1 aromatic heterocycles. The summed E-state index contributed by atoms with van der Waals surface area (Å²) in [5, 5.41) is 6.04. The summed E-state index contributed by atoms with van der Waals surface area (Å²) in [7, 11) is 0. The topological polar surface area (TPSA) is 69.8 Å². The zero-order valence-corrected chi connectivity index (χ0v) is 9.30. The number of carbonyl (C=O) groups is 1. The molecule has 6 heteroatoms. The molecule has 1 saturated heterocycles. The van der Waals surface area contributed by atoms with Gasteiger partial charge in [0, 0.05) is 24.0 Å². The first kappa shape index (κ1) is 10.5. The van der Waals surface area contributed by atoms with E-state index in [2.05, 4.69) is 20.6 Å². The van der Waals surface area contributed by atoms with Gasteiger partial charge in [-0.3, -0.25) is 10.1 Å². The van der Waals surface area contributed by atoms with E-state index in [1.807, 2.05) is 6.92 Å². The minimum Gasteiger partial charge on any atom is -0.347 e. The van der Waals surface area contributed by atoms with Crippen LogP contribution in [0.3, 0.4) is 0 Å². The number of carbonyl (C=O) groups excluding carboxylic acids is 1. The summed E-state index contributed by atoms with van der Waals surface area (Å²) in [4.78, 5) is 18.8. The number of imidazole rings is 1. The molecule has 5 nitrogen and oxygen atoms in total. The SMILES string of the molecule is CC(NC(=O)C1CSCN1)c1ncc[nH]1. The molecular formula is C9H14N4OS. The number of hydrogen-bond acceptors (Lipinski definition) is 4. The number of aromatic amines is 1. The molecule has 1 aromatic rings. The molecule has 2 heterocycles. The lowest BCUT2D eigenvalue weighted by molar-refractivity contribution is -0.123. The second-order valence-corrected chi connectivity index (χ2v) is 4.51. The molecular weight excluding hydrogens is 212 g/mol. The van der Waals surface area contributed by atoms with Gasteiger partial charge in [0.25, 0.3) is 0 Å². The van der Waals surface area contributed by atoms with Crippen LogP contribution in [0.1, 0.15) is 18.8 Å². The summed E-state index contributed by atoms with van der Waals surface area (Å²) in [5.41, 5.74) is 0. The lowest BCUT2D eigenvalue weighted by Crippen LogP contribution is -2.43. The number of thioether (sulfide) groups is 1. The number of nitrogens with one attached hydrogen (secondary N) is 3. The van der Waals surface area contributed by atoms with Crippen molar-refractivity contribution in [2.45, 2.75) is 19.0 Å². The number of hydrogen-bond donors (Lipinski definition) is 3. The molecule has 0 spiro atoms. The number of aromatic nitrogens is 2. The van der Waals surface area contributed by atoms with Crippen molar-refractivity contribution in [2.24, 2.45) is 0 Å². The lowest BCUT2D eigenvalue weighted by atomic mass is 10.2. The van der Waals surface area contributed by atoms with Crippen molar-refractivity contribution in [2.75, 3.05) is 11.6 Å². The molecule has 0 aliphatic carbocycles. The maximum absolute atomic E-state index is 11.7. The zero-order valence-electron chi connectivity index (χ0n) is 8.49. The van der Waals surface area contributed by atoms with Gasteiger partial charge < -0.3 is 10.3 Å². The summed E-state index contributed by atoms with van der Waals surface area (Å²) in [6.45, 7) is 1.92. The summed E-state index contributed by atoms with van der Waals surface area (Å²) in [5.74, 6) is 2.53. The van der Waals surface area contributed by atoms with Crippen molar-refractivity contribution in [1.82, 2.24) is 20.6 Å². The third-order valence-corrected chi connectivity index (χ3v) is 3.26. The third kappa shape index (κ3) is 2.51. The number of amides is 1. The van der Waals surface area contributed by atoms with Crippen LogP contribution in [-0.4, -0.2) is 33.5 Å². The van der Waals surface area contributed by atoms with Crippen LogP contribution in [0.4, 0.5) is 0 Å². The van der Waals surface area contributed by atoms with Crippen LogP contribution < -0.4 is 10.6 Å². The van der Waals surface area contributed by atoms with Crippen LogP contribution in [0, 0.1) is 0 Å². The van der Waals surface area contributed by atoms with Crippen molar-refractivity contribution in [3.05, 3.63) is 18.2 Å². The molecule has 2 rings (SSSR count). The average molecular weight is 226 g/mol. The molecule has 82 valence electrons. The van der Waals surface area contributed by atoms with Gasteiger partial charge in [-0.25, -0.2) is 4.98 Å². The standard InChI is InChI=1S/C9H14N4OS/c1-6(8-10-2-3-11-8)13-9(14)7-4-15-5-12-7/h2-3,6-7,12H,4-5H2,1H3,(H,10,11)(H,13,14). The van der Waals surface area contributed by atoms with E-state index in [1.165, 1.54) is 0 Å². The van der Waals surface area contributed by atoms with Gasteiger partial charge in [0.05, 0.1) is 12.1 Å². The van der Waals surface area contributed by atoms with Crippen LogP contribution in [-0.2, 0) is 4.79 Å². The highest BCUT2D eigenvalue weighted by Crippen LogP contribution is 2.11. The molecule has 1 amide bonds. The first-order valence-corrected chi connectivity index (χ1v) is 6.03. The highest BCUT2D eigenvalue weighted by molar-refractivity contribution is 7.99. The van der Waals surface area contributed by atoms with E-state index in [1.54, 1.807) is 24.2 Å². The number of nitrogens with zero attached hydrogens (tertiary/aromatic N) is 1. The second kappa shape index (κ2) is 4.67. The van der Waals surface area contributed by atoms with E-state index in [9.17, 15) is 4.79 Å². The Balaban J connectivity index is 1.88. The fourth-order valence-electron chi connectivity index (χ4n) is 1.46. The molecule has 0 saturated carbocycles. The van der Waals surface area contributed by atoms with Gasteiger partial charge in [0.1, 0.15) is 5.82 Å². The predicted molar refractivity (Wildman–Crippen MR) is 59.4 cm³/mol. The normalized spacial score (nSPS) is 22.6. The van der Waals surface area contributed by atoms with Crippen molar-refractivity contribution in [3.63, 3.8) is 0 Å². The summed E-state index contributed by atoms with van der Waals surface area (Å²) in [6.07, 6.45) is 3.43. The Bertz CT molecular complexity index is 321. The quantitative estimate of drug-likeness (QED) is 0.691. The van der Waals surface area contributed by atoms with Gasteiger partial charge in [-0.15, -0.1) is 11.8 Å². The van der Waals surface area contributed by atoms with E-state index in [0.717, 1.165) is 17.5 Å². The van der Waals surface area contributed by atoms with Gasteiger partial charge in [-0.2, -0.15) is 0 Å².